The van der Waals surface area contributed by atoms with Crippen molar-refractivity contribution in [2.24, 2.45) is 5.41 Å². The van der Waals surface area contributed by atoms with Crippen LogP contribution < -0.4 is 0 Å². The highest BCUT2D eigenvalue weighted by Gasteiger charge is 2.36. The average Bonchev–Trinajstić information content (AvgIpc) is 2.27. The molecule has 0 aliphatic carbocycles. The number of imide groups is 1. The number of piperidine rings is 1. The van der Waals surface area contributed by atoms with Crippen LogP contribution in [0.4, 0.5) is 0 Å². The standard InChI is InChI=1S/C14H17N2O2/c1-14(2)8-12(17)16(13(18)9-14)7-5-11-4-3-6-15-10-11/h3-4,6H,5,7-9H2,1-2H3. The molecule has 18 heavy (non-hydrogen) atoms. The van der Waals surface area contributed by atoms with Crippen LogP contribution in [0.2, 0.25) is 0 Å². The van der Waals surface area contributed by atoms with Crippen LogP contribution in [0, 0.1) is 11.6 Å². The van der Waals surface area contributed by atoms with E-state index in [9.17, 15) is 9.59 Å². The van der Waals surface area contributed by atoms with E-state index in [0.29, 0.717) is 25.8 Å². The van der Waals surface area contributed by atoms with Gasteiger partial charge in [0.05, 0.1) is 6.20 Å². The second kappa shape index (κ2) is 4.88. The maximum absolute atomic E-state index is 11.9. The normalized spacial score (nSPS) is 19.1. The summed E-state index contributed by atoms with van der Waals surface area (Å²) >= 11 is 0. The number of carbonyl (C=O) groups excluding carboxylic acids is 2. The number of nitrogens with zero attached hydrogens (tertiary/aromatic N) is 2. The Hall–Kier alpha value is -1.71. The van der Waals surface area contributed by atoms with E-state index in [1.54, 1.807) is 6.20 Å². The third kappa shape index (κ3) is 2.94. The fourth-order valence-corrected chi connectivity index (χ4v) is 2.19. The van der Waals surface area contributed by atoms with E-state index in [2.05, 4.69) is 11.2 Å². The molecule has 1 radical (unpaired) electrons. The number of hydrogen-bond acceptors (Lipinski definition) is 3. The zero-order chi connectivity index (χ0) is 13.2. The predicted octanol–water partition coefficient (Wildman–Crippen LogP) is 1.60. The number of rotatable bonds is 3. The number of carbonyl (C=O) groups is 2. The quantitative estimate of drug-likeness (QED) is 0.760. The van der Waals surface area contributed by atoms with E-state index in [4.69, 9.17) is 0 Å². The van der Waals surface area contributed by atoms with Crippen LogP contribution in [-0.4, -0.2) is 28.2 Å². The van der Waals surface area contributed by atoms with Gasteiger partial charge in [0.15, 0.2) is 0 Å². The summed E-state index contributed by atoms with van der Waals surface area (Å²) in [5.41, 5.74) is 0.716. The Bertz CT molecular complexity index is 434. The topological polar surface area (TPSA) is 50.3 Å². The van der Waals surface area contributed by atoms with Crippen molar-refractivity contribution < 1.29 is 9.59 Å². The van der Waals surface area contributed by atoms with E-state index in [0.717, 1.165) is 5.56 Å². The van der Waals surface area contributed by atoms with Gasteiger partial charge in [0.1, 0.15) is 0 Å². The fourth-order valence-electron chi connectivity index (χ4n) is 2.19. The SMILES string of the molecule is CC1(C)CC(=O)N(CCc2[c]nccc2)C(=O)C1. The first-order valence-corrected chi connectivity index (χ1v) is 6.13. The molecule has 0 N–H and O–H groups in total. The molecular weight excluding hydrogens is 228 g/mol. The molecule has 4 heteroatoms. The zero-order valence-electron chi connectivity index (χ0n) is 10.8. The number of amides is 2. The van der Waals surface area contributed by atoms with Gasteiger partial charge in [0.2, 0.25) is 11.8 Å². The molecule has 1 fully saturated rings. The summed E-state index contributed by atoms with van der Waals surface area (Å²) in [7, 11) is 0. The lowest BCUT2D eigenvalue weighted by Crippen LogP contribution is -2.46. The van der Waals surface area contributed by atoms with Gasteiger partial charge in [0.25, 0.3) is 0 Å². The molecule has 1 aromatic rings. The molecule has 0 saturated carbocycles. The molecule has 2 rings (SSSR count). The first-order chi connectivity index (χ1) is 8.48. The minimum Gasteiger partial charge on any atom is -0.282 e. The highest BCUT2D eigenvalue weighted by Crippen LogP contribution is 2.31. The molecule has 0 spiro atoms. The molecule has 0 atom stereocenters. The molecule has 0 aromatic carbocycles. The number of pyridine rings is 1. The Morgan fingerprint density at radius 3 is 2.56 bits per heavy atom. The second-order valence-corrected chi connectivity index (χ2v) is 5.48. The summed E-state index contributed by atoms with van der Waals surface area (Å²) in [6, 6.07) is 3.73. The maximum atomic E-state index is 11.9. The molecule has 95 valence electrons. The molecule has 1 aromatic heterocycles. The molecule has 0 unspecified atom stereocenters. The molecule has 1 saturated heterocycles. The smallest absolute Gasteiger partial charge is 0.229 e. The fraction of sp³-hybridized carbons (Fsp3) is 0.500. The van der Waals surface area contributed by atoms with Crippen LogP contribution in [0.25, 0.3) is 0 Å². The number of likely N-dealkylation sites (tertiary alicyclic amines) is 1. The Kier molecular flexibility index (Phi) is 3.45. The van der Waals surface area contributed by atoms with Gasteiger partial charge in [-0.25, -0.2) is 0 Å². The predicted molar refractivity (Wildman–Crippen MR) is 66.5 cm³/mol. The first kappa shape index (κ1) is 12.7. The van der Waals surface area contributed by atoms with Gasteiger partial charge in [-0.15, -0.1) is 0 Å². The monoisotopic (exact) mass is 245 g/mol. The van der Waals surface area contributed by atoms with Crippen molar-refractivity contribution in [1.29, 1.82) is 0 Å². The minimum atomic E-state index is -0.203. The zero-order valence-corrected chi connectivity index (χ0v) is 10.8. The second-order valence-electron chi connectivity index (χ2n) is 5.48. The van der Waals surface area contributed by atoms with E-state index in [-0.39, 0.29) is 17.2 Å². The lowest BCUT2D eigenvalue weighted by Gasteiger charge is -2.34. The van der Waals surface area contributed by atoms with Gasteiger partial charge in [-0.3, -0.25) is 19.5 Å². The Morgan fingerprint density at radius 1 is 1.33 bits per heavy atom. The summed E-state index contributed by atoms with van der Waals surface area (Å²) < 4.78 is 0. The Morgan fingerprint density at radius 2 is 2.00 bits per heavy atom. The van der Waals surface area contributed by atoms with Gasteiger partial charge >= 0.3 is 0 Å². The summed E-state index contributed by atoms with van der Waals surface area (Å²) in [4.78, 5) is 29.1. The molecule has 2 amide bonds. The third-order valence-corrected chi connectivity index (χ3v) is 3.13. The van der Waals surface area contributed by atoms with Crippen LogP contribution in [0.15, 0.2) is 18.3 Å². The van der Waals surface area contributed by atoms with Crippen LogP contribution >= 0.6 is 0 Å². The highest BCUT2D eigenvalue weighted by molar-refractivity contribution is 5.98. The maximum Gasteiger partial charge on any atom is 0.229 e. The minimum absolute atomic E-state index is 0.0693. The summed E-state index contributed by atoms with van der Waals surface area (Å²) in [5.74, 6) is -0.139. The van der Waals surface area contributed by atoms with Crippen molar-refractivity contribution in [1.82, 2.24) is 9.88 Å². The van der Waals surface area contributed by atoms with Crippen molar-refractivity contribution >= 4 is 11.8 Å². The number of aromatic nitrogens is 1. The highest BCUT2D eigenvalue weighted by atomic mass is 16.2. The van der Waals surface area contributed by atoms with Crippen molar-refractivity contribution in [2.75, 3.05) is 6.54 Å². The van der Waals surface area contributed by atoms with Gasteiger partial charge in [-0.05, 0) is 23.5 Å². The molecule has 2 heterocycles. The van der Waals surface area contributed by atoms with Crippen molar-refractivity contribution in [3.63, 3.8) is 0 Å². The number of hydrogen-bond donors (Lipinski definition) is 0. The van der Waals surface area contributed by atoms with Crippen molar-refractivity contribution in [3.05, 3.63) is 30.1 Å². The van der Waals surface area contributed by atoms with Gasteiger partial charge in [-0.2, -0.15) is 0 Å². The van der Waals surface area contributed by atoms with Gasteiger partial charge in [-0.1, -0.05) is 19.9 Å². The molecule has 4 nitrogen and oxygen atoms in total. The summed E-state index contributed by atoms with van der Waals surface area (Å²) in [6.07, 6.45) is 6.01. The lowest BCUT2D eigenvalue weighted by molar-refractivity contribution is -0.152. The largest absolute Gasteiger partial charge is 0.282 e. The molecule has 0 bridgehead atoms. The van der Waals surface area contributed by atoms with E-state index in [1.165, 1.54) is 4.90 Å². The molecular formula is C14H17N2O2. The molecule has 1 aliphatic heterocycles. The van der Waals surface area contributed by atoms with E-state index in [1.807, 2.05) is 26.0 Å². The van der Waals surface area contributed by atoms with Crippen molar-refractivity contribution in [3.8, 4) is 0 Å². The third-order valence-electron chi connectivity index (χ3n) is 3.13. The van der Waals surface area contributed by atoms with Crippen molar-refractivity contribution in [2.45, 2.75) is 33.1 Å². The van der Waals surface area contributed by atoms with E-state index >= 15 is 0 Å². The molecule has 1 aliphatic rings. The summed E-state index contributed by atoms with van der Waals surface area (Å²) in [6.45, 7) is 4.33. The van der Waals surface area contributed by atoms with Gasteiger partial charge < -0.3 is 0 Å². The van der Waals surface area contributed by atoms with E-state index < -0.39 is 0 Å². The van der Waals surface area contributed by atoms with Gasteiger partial charge in [0, 0.05) is 25.6 Å². The Labute approximate surface area is 107 Å². The first-order valence-electron chi connectivity index (χ1n) is 6.13. The lowest BCUT2D eigenvalue weighted by atomic mass is 9.81. The van der Waals surface area contributed by atoms with Crippen LogP contribution in [-0.2, 0) is 16.0 Å². The van der Waals surface area contributed by atoms with Crippen LogP contribution in [0.3, 0.4) is 0 Å². The summed E-state index contributed by atoms with van der Waals surface area (Å²) in [5, 5.41) is 0. The van der Waals surface area contributed by atoms with Crippen LogP contribution in [0.1, 0.15) is 32.3 Å². The average molecular weight is 245 g/mol. The van der Waals surface area contributed by atoms with Crippen LogP contribution in [0.5, 0.6) is 0 Å². The Balaban J connectivity index is 1.98.